The number of benzene rings is 1. The molecule has 0 aromatic heterocycles. The van der Waals surface area contributed by atoms with Gasteiger partial charge < -0.3 is 5.11 Å². The highest BCUT2D eigenvalue weighted by Gasteiger charge is 2.19. The molecule has 0 aliphatic carbocycles. The minimum Gasteiger partial charge on any atom is -0.481 e. The lowest BCUT2D eigenvalue weighted by atomic mass is 10.3. The summed E-state index contributed by atoms with van der Waals surface area (Å²) in [4.78, 5) is 11.3. The van der Waals surface area contributed by atoms with Crippen LogP contribution in [0.1, 0.15) is 13.3 Å². The number of nitrogens with one attached hydrogen (secondary N) is 1. The van der Waals surface area contributed by atoms with Gasteiger partial charge in [-0.1, -0.05) is 19.1 Å². The van der Waals surface area contributed by atoms with Crippen LogP contribution < -0.4 is 4.72 Å². The minimum atomic E-state index is -3.74. The fourth-order valence-electron chi connectivity index (χ4n) is 1.42. The molecule has 112 valence electrons. The number of para-hydroxylation sites is 1. The lowest BCUT2D eigenvalue weighted by Crippen LogP contribution is -2.34. The molecule has 0 atom stereocenters. The lowest BCUT2D eigenvalue weighted by molar-refractivity contribution is -0.137. The Morgan fingerprint density at radius 1 is 1.40 bits per heavy atom. The van der Waals surface area contributed by atoms with E-state index in [0.29, 0.717) is 5.69 Å². The fourth-order valence-corrected chi connectivity index (χ4v) is 3.19. The molecule has 0 saturated carbocycles. The van der Waals surface area contributed by atoms with Crippen LogP contribution in [0.25, 0.3) is 0 Å². The Hall–Kier alpha value is -1.25. The van der Waals surface area contributed by atoms with Crippen LogP contribution in [0.4, 0.5) is 5.69 Å². The SMILES string of the molecule is CCSc1ccccc1NS(=O)(=O)N(C)CCC(=O)O. The first kappa shape index (κ1) is 16.8. The Balaban J connectivity index is 2.82. The van der Waals surface area contributed by atoms with Crippen LogP contribution >= 0.6 is 11.8 Å². The first-order valence-corrected chi connectivity index (χ1v) is 8.47. The molecule has 6 nitrogen and oxygen atoms in total. The Morgan fingerprint density at radius 3 is 2.65 bits per heavy atom. The van der Waals surface area contributed by atoms with E-state index < -0.39 is 16.2 Å². The second-order valence-corrected chi connectivity index (χ2v) is 7.09. The molecule has 0 bridgehead atoms. The molecule has 0 heterocycles. The van der Waals surface area contributed by atoms with Crippen molar-refractivity contribution in [2.45, 2.75) is 18.2 Å². The molecule has 0 aliphatic rings. The Kier molecular flexibility index (Phi) is 6.31. The van der Waals surface area contributed by atoms with Gasteiger partial charge in [-0.2, -0.15) is 12.7 Å². The molecule has 1 rings (SSSR count). The van der Waals surface area contributed by atoms with E-state index >= 15 is 0 Å². The average molecular weight is 318 g/mol. The maximum Gasteiger partial charge on any atom is 0.304 e. The van der Waals surface area contributed by atoms with E-state index in [1.807, 2.05) is 19.1 Å². The third-order valence-corrected chi connectivity index (χ3v) is 4.91. The fraction of sp³-hybridized carbons (Fsp3) is 0.417. The summed E-state index contributed by atoms with van der Waals surface area (Å²) < 4.78 is 27.6. The highest BCUT2D eigenvalue weighted by Crippen LogP contribution is 2.27. The van der Waals surface area contributed by atoms with Crippen LogP contribution in [0, 0.1) is 0 Å². The third-order valence-electron chi connectivity index (χ3n) is 2.48. The van der Waals surface area contributed by atoms with Crippen LogP contribution in [0.2, 0.25) is 0 Å². The number of carboxylic acid groups (broad SMARTS) is 1. The maximum atomic E-state index is 12.1. The van der Waals surface area contributed by atoms with Crippen LogP contribution in [0.15, 0.2) is 29.2 Å². The van der Waals surface area contributed by atoms with Crippen molar-refractivity contribution in [2.75, 3.05) is 24.1 Å². The molecule has 0 fully saturated rings. The summed E-state index contributed by atoms with van der Waals surface area (Å²) in [5, 5.41) is 8.59. The molecule has 0 unspecified atom stereocenters. The predicted octanol–water partition coefficient (Wildman–Crippen LogP) is 1.86. The summed E-state index contributed by atoms with van der Waals surface area (Å²) in [6.45, 7) is 1.91. The van der Waals surface area contributed by atoms with E-state index in [0.717, 1.165) is 15.0 Å². The quantitative estimate of drug-likeness (QED) is 0.715. The van der Waals surface area contributed by atoms with Crippen molar-refractivity contribution in [1.29, 1.82) is 0 Å². The number of carbonyl (C=O) groups is 1. The van der Waals surface area contributed by atoms with E-state index in [1.165, 1.54) is 18.8 Å². The van der Waals surface area contributed by atoms with E-state index in [-0.39, 0.29) is 13.0 Å². The molecule has 2 N–H and O–H groups in total. The molecule has 0 amide bonds. The van der Waals surface area contributed by atoms with E-state index in [1.54, 1.807) is 12.1 Å². The highest BCUT2D eigenvalue weighted by molar-refractivity contribution is 7.99. The number of aliphatic carboxylic acids is 1. The molecule has 0 aliphatic heterocycles. The summed E-state index contributed by atoms with van der Waals surface area (Å²) in [6, 6.07) is 7.10. The number of hydrogen-bond acceptors (Lipinski definition) is 4. The van der Waals surface area contributed by atoms with Gasteiger partial charge in [0.2, 0.25) is 0 Å². The number of carboxylic acids is 1. The van der Waals surface area contributed by atoms with Gasteiger partial charge in [-0.25, -0.2) is 0 Å². The van der Waals surface area contributed by atoms with Crippen molar-refractivity contribution in [3.8, 4) is 0 Å². The molecule has 1 aromatic rings. The number of anilines is 1. The maximum absolute atomic E-state index is 12.1. The molecule has 0 spiro atoms. The number of nitrogens with zero attached hydrogens (tertiary/aromatic N) is 1. The van der Waals surface area contributed by atoms with Gasteiger partial charge in [0.25, 0.3) is 0 Å². The molecule has 1 aromatic carbocycles. The Bertz CT molecular complexity index is 560. The van der Waals surface area contributed by atoms with Crippen molar-refractivity contribution in [3.63, 3.8) is 0 Å². The van der Waals surface area contributed by atoms with Crippen molar-refractivity contribution < 1.29 is 18.3 Å². The van der Waals surface area contributed by atoms with Gasteiger partial charge in [0, 0.05) is 18.5 Å². The van der Waals surface area contributed by atoms with Gasteiger partial charge in [-0.3, -0.25) is 9.52 Å². The molecular weight excluding hydrogens is 300 g/mol. The van der Waals surface area contributed by atoms with Crippen molar-refractivity contribution in [2.24, 2.45) is 0 Å². The topological polar surface area (TPSA) is 86.7 Å². The summed E-state index contributed by atoms with van der Waals surface area (Å²) in [7, 11) is -2.40. The van der Waals surface area contributed by atoms with Crippen molar-refractivity contribution >= 4 is 33.6 Å². The molecule has 8 heteroatoms. The lowest BCUT2D eigenvalue weighted by Gasteiger charge is -2.18. The van der Waals surface area contributed by atoms with Gasteiger partial charge >= 0.3 is 16.2 Å². The summed E-state index contributed by atoms with van der Waals surface area (Å²) in [6.07, 6.45) is -0.233. The van der Waals surface area contributed by atoms with E-state index in [9.17, 15) is 13.2 Å². The van der Waals surface area contributed by atoms with Crippen LogP contribution in [-0.2, 0) is 15.0 Å². The van der Waals surface area contributed by atoms with Gasteiger partial charge in [0.15, 0.2) is 0 Å². The standard InChI is InChI=1S/C12H18N2O4S2/c1-3-19-11-7-5-4-6-10(11)13-20(17,18)14(2)9-8-12(15)16/h4-7,13H,3,8-9H2,1-2H3,(H,15,16). The van der Waals surface area contributed by atoms with Crippen molar-refractivity contribution in [1.82, 2.24) is 4.31 Å². The van der Waals surface area contributed by atoms with E-state index in [2.05, 4.69) is 4.72 Å². The second kappa shape index (κ2) is 7.51. The zero-order chi connectivity index (χ0) is 15.2. The van der Waals surface area contributed by atoms with Crippen LogP contribution in [0.5, 0.6) is 0 Å². The number of hydrogen-bond donors (Lipinski definition) is 2. The zero-order valence-corrected chi connectivity index (χ0v) is 13.0. The predicted molar refractivity (Wildman–Crippen MR) is 80.3 cm³/mol. The van der Waals surface area contributed by atoms with E-state index in [4.69, 9.17) is 5.11 Å². The van der Waals surface area contributed by atoms with Crippen molar-refractivity contribution in [3.05, 3.63) is 24.3 Å². The summed E-state index contributed by atoms with van der Waals surface area (Å²) in [5.41, 5.74) is 0.501. The normalized spacial score (nSPS) is 11.6. The number of rotatable bonds is 8. The highest BCUT2D eigenvalue weighted by atomic mass is 32.2. The van der Waals surface area contributed by atoms with Gasteiger partial charge in [-0.05, 0) is 17.9 Å². The molecular formula is C12H18N2O4S2. The summed E-state index contributed by atoms with van der Waals surface area (Å²) in [5.74, 6) is -0.206. The monoisotopic (exact) mass is 318 g/mol. The van der Waals surface area contributed by atoms with Gasteiger partial charge in [0.05, 0.1) is 12.1 Å². The molecule has 0 saturated heterocycles. The zero-order valence-electron chi connectivity index (χ0n) is 11.4. The number of thioether (sulfide) groups is 1. The average Bonchev–Trinajstić information content (AvgIpc) is 2.38. The second-order valence-electron chi connectivity index (χ2n) is 4.00. The third kappa shape index (κ3) is 5.03. The first-order chi connectivity index (χ1) is 9.36. The first-order valence-electron chi connectivity index (χ1n) is 6.04. The van der Waals surface area contributed by atoms with Crippen LogP contribution in [0.3, 0.4) is 0 Å². The summed E-state index contributed by atoms with van der Waals surface area (Å²) >= 11 is 1.53. The van der Waals surface area contributed by atoms with Gasteiger partial charge in [0.1, 0.15) is 0 Å². The minimum absolute atomic E-state index is 0.0756. The van der Waals surface area contributed by atoms with Gasteiger partial charge in [-0.15, -0.1) is 11.8 Å². The largest absolute Gasteiger partial charge is 0.481 e. The smallest absolute Gasteiger partial charge is 0.304 e. The molecule has 0 radical (unpaired) electrons. The molecule has 20 heavy (non-hydrogen) atoms. The Labute approximate surface area is 123 Å². The van der Waals surface area contributed by atoms with Crippen LogP contribution in [-0.4, -0.2) is 43.1 Å². The Morgan fingerprint density at radius 2 is 2.05 bits per heavy atom.